The van der Waals surface area contributed by atoms with Crippen LogP contribution < -0.4 is 5.32 Å². The monoisotopic (exact) mass is 303 g/mol. The lowest BCUT2D eigenvalue weighted by atomic mass is 10.2. The Morgan fingerprint density at radius 3 is 2.74 bits per heavy atom. The van der Waals surface area contributed by atoms with E-state index in [2.05, 4.69) is 22.4 Å². The van der Waals surface area contributed by atoms with E-state index in [1.807, 2.05) is 13.8 Å². The molecule has 0 aromatic carbocycles. The number of nitrogens with zero attached hydrogens (tertiary/aromatic N) is 2. The maximum absolute atomic E-state index is 11.9. The number of carbonyl (C=O) groups is 1. The van der Waals surface area contributed by atoms with E-state index in [0.29, 0.717) is 27.6 Å². The zero-order chi connectivity index (χ0) is 14.3. The van der Waals surface area contributed by atoms with E-state index >= 15 is 0 Å². The highest BCUT2D eigenvalue weighted by Crippen LogP contribution is 2.15. The minimum atomic E-state index is -1.13. The molecule has 1 unspecified atom stereocenters. The molecule has 0 aliphatic carbocycles. The summed E-state index contributed by atoms with van der Waals surface area (Å²) in [5, 5.41) is 10.7. The van der Waals surface area contributed by atoms with Gasteiger partial charge in [-0.05, 0) is 12.3 Å². The number of hydrogen-bond acceptors (Lipinski definition) is 5. The Balaban J connectivity index is 2.51. The first-order chi connectivity index (χ1) is 9.04. The van der Waals surface area contributed by atoms with Gasteiger partial charge in [-0.15, -0.1) is 10.2 Å². The molecule has 1 aromatic heterocycles. The second-order valence-corrected chi connectivity index (χ2v) is 7.46. The van der Waals surface area contributed by atoms with Crippen molar-refractivity contribution in [2.75, 3.05) is 12.3 Å². The van der Waals surface area contributed by atoms with Gasteiger partial charge in [-0.1, -0.05) is 44.9 Å². The van der Waals surface area contributed by atoms with E-state index < -0.39 is 10.8 Å². The van der Waals surface area contributed by atoms with Gasteiger partial charge < -0.3 is 5.32 Å². The largest absolute Gasteiger partial charge is 0.350 e. The van der Waals surface area contributed by atoms with E-state index in [0.717, 1.165) is 30.6 Å². The molecule has 1 amide bonds. The van der Waals surface area contributed by atoms with E-state index in [-0.39, 0.29) is 5.91 Å². The zero-order valence-electron chi connectivity index (χ0n) is 11.6. The fourth-order valence-corrected chi connectivity index (χ4v) is 3.46. The second-order valence-electron chi connectivity index (χ2n) is 4.73. The molecule has 0 aliphatic heterocycles. The van der Waals surface area contributed by atoms with Crippen molar-refractivity contribution in [1.29, 1.82) is 0 Å². The standard InChI is InChI=1S/C12H21N3O2S2/c1-4-5-6-7-19(17)12-15-14-11(18-12)10(16)13-8-9(2)3/h9H,4-8H2,1-3H3,(H,13,16). The zero-order valence-corrected chi connectivity index (χ0v) is 13.3. The molecule has 1 atom stereocenters. The highest BCUT2D eigenvalue weighted by molar-refractivity contribution is 7.87. The van der Waals surface area contributed by atoms with Crippen molar-refractivity contribution in [2.24, 2.45) is 5.92 Å². The van der Waals surface area contributed by atoms with Crippen LogP contribution in [0.3, 0.4) is 0 Å². The molecule has 19 heavy (non-hydrogen) atoms. The molecule has 0 radical (unpaired) electrons. The first kappa shape index (κ1) is 16.2. The van der Waals surface area contributed by atoms with Crippen molar-refractivity contribution in [3.63, 3.8) is 0 Å². The highest BCUT2D eigenvalue weighted by atomic mass is 32.2. The Bertz CT molecular complexity index is 432. The van der Waals surface area contributed by atoms with Gasteiger partial charge in [0.2, 0.25) is 9.35 Å². The minimum Gasteiger partial charge on any atom is -0.350 e. The van der Waals surface area contributed by atoms with Crippen LogP contribution in [-0.4, -0.2) is 32.6 Å². The molecular formula is C12H21N3O2S2. The average molecular weight is 303 g/mol. The van der Waals surface area contributed by atoms with Gasteiger partial charge in [0, 0.05) is 12.3 Å². The molecule has 1 aromatic rings. The van der Waals surface area contributed by atoms with Gasteiger partial charge in [0.1, 0.15) is 0 Å². The summed E-state index contributed by atoms with van der Waals surface area (Å²) < 4.78 is 12.4. The number of aromatic nitrogens is 2. The third kappa shape index (κ3) is 5.78. The fraction of sp³-hybridized carbons (Fsp3) is 0.750. The van der Waals surface area contributed by atoms with Crippen molar-refractivity contribution in [1.82, 2.24) is 15.5 Å². The van der Waals surface area contributed by atoms with Crippen molar-refractivity contribution >= 4 is 28.0 Å². The molecule has 0 saturated carbocycles. The van der Waals surface area contributed by atoms with Gasteiger partial charge in [-0.2, -0.15) is 0 Å². The summed E-state index contributed by atoms with van der Waals surface area (Å²) >= 11 is 1.12. The van der Waals surface area contributed by atoms with Gasteiger partial charge in [-0.25, -0.2) is 0 Å². The van der Waals surface area contributed by atoms with Crippen LogP contribution in [0.25, 0.3) is 0 Å². The molecule has 1 rings (SSSR count). The molecule has 0 aliphatic rings. The maximum Gasteiger partial charge on any atom is 0.282 e. The third-order valence-corrected chi connectivity index (χ3v) is 5.05. The lowest BCUT2D eigenvalue weighted by molar-refractivity contribution is 0.0948. The average Bonchev–Trinajstić information content (AvgIpc) is 2.85. The van der Waals surface area contributed by atoms with Crippen LogP contribution in [0.1, 0.15) is 49.8 Å². The quantitative estimate of drug-likeness (QED) is 0.747. The smallest absolute Gasteiger partial charge is 0.282 e. The third-order valence-electron chi connectivity index (χ3n) is 2.40. The summed E-state index contributed by atoms with van der Waals surface area (Å²) in [5.74, 6) is 0.748. The fourth-order valence-electron chi connectivity index (χ4n) is 1.34. The highest BCUT2D eigenvalue weighted by Gasteiger charge is 2.16. The molecular weight excluding hydrogens is 282 g/mol. The van der Waals surface area contributed by atoms with E-state index in [1.54, 1.807) is 0 Å². The predicted octanol–water partition coefficient (Wildman–Crippen LogP) is 2.22. The van der Waals surface area contributed by atoms with Crippen LogP contribution in [0.2, 0.25) is 0 Å². The number of amides is 1. The Kier molecular flexibility index (Phi) is 7.15. The van der Waals surface area contributed by atoms with Crippen molar-refractivity contribution in [3.05, 3.63) is 5.01 Å². The van der Waals surface area contributed by atoms with Crippen LogP contribution in [0, 0.1) is 5.92 Å². The predicted molar refractivity (Wildman–Crippen MR) is 77.9 cm³/mol. The molecule has 5 nitrogen and oxygen atoms in total. The van der Waals surface area contributed by atoms with E-state index in [9.17, 15) is 9.00 Å². The topological polar surface area (TPSA) is 72.0 Å². The summed E-state index contributed by atoms with van der Waals surface area (Å²) in [5.41, 5.74) is 0. The Morgan fingerprint density at radius 2 is 2.11 bits per heavy atom. The lowest BCUT2D eigenvalue weighted by Crippen LogP contribution is -2.27. The molecule has 108 valence electrons. The molecule has 1 N–H and O–H groups in total. The van der Waals surface area contributed by atoms with Crippen LogP contribution >= 0.6 is 11.3 Å². The summed E-state index contributed by atoms with van der Waals surface area (Å²) in [6.45, 7) is 6.75. The normalized spacial score (nSPS) is 12.6. The summed E-state index contributed by atoms with van der Waals surface area (Å²) in [4.78, 5) is 11.7. The van der Waals surface area contributed by atoms with Crippen LogP contribution in [0.15, 0.2) is 4.34 Å². The van der Waals surface area contributed by atoms with Gasteiger partial charge in [0.25, 0.3) is 5.91 Å². The molecule has 0 bridgehead atoms. The summed E-state index contributed by atoms with van der Waals surface area (Å²) in [7, 11) is -1.13. The molecule has 0 fully saturated rings. The Morgan fingerprint density at radius 1 is 1.37 bits per heavy atom. The minimum absolute atomic E-state index is 0.233. The van der Waals surface area contributed by atoms with Crippen molar-refractivity contribution in [3.8, 4) is 0 Å². The number of unbranched alkanes of at least 4 members (excludes halogenated alkanes) is 2. The maximum atomic E-state index is 11.9. The number of carbonyl (C=O) groups excluding carboxylic acids is 1. The molecule has 7 heteroatoms. The van der Waals surface area contributed by atoms with E-state index in [1.165, 1.54) is 0 Å². The second kappa shape index (κ2) is 8.37. The summed E-state index contributed by atoms with van der Waals surface area (Å²) in [6, 6.07) is 0. The number of rotatable bonds is 8. The van der Waals surface area contributed by atoms with Gasteiger partial charge in [0.05, 0.1) is 10.8 Å². The molecule has 1 heterocycles. The van der Waals surface area contributed by atoms with Crippen LogP contribution in [-0.2, 0) is 10.8 Å². The molecule has 0 spiro atoms. The Hall–Kier alpha value is -0.820. The first-order valence-electron chi connectivity index (χ1n) is 6.54. The lowest BCUT2D eigenvalue weighted by Gasteiger charge is -2.04. The van der Waals surface area contributed by atoms with Gasteiger partial charge in [0.15, 0.2) is 0 Å². The SMILES string of the molecule is CCCCCS(=O)c1nnc(C(=O)NCC(C)C)s1. The summed E-state index contributed by atoms with van der Waals surface area (Å²) in [6.07, 6.45) is 3.07. The van der Waals surface area contributed by atoms with Crippen LogP contribution in [0.5, 0.6) is 0 Å². The molecule has 0 saturated heterocycles. The van der Waals surface area contributed by atoms with Crippen molar-refractivity contribution in [2.45, 2.75) is 44.4 Å². The van der Waals surface area contributed by atoms with Crippen molar-refractivity contribution < 1.29 is 9.00 Å². The van der Waals surface area contributed by atoms with E-state index in [4.69, 9.17) is 0 Å². The van der Waals surface area contributed by atoms with Gasteiger partial charge in [-0.3, -0.25) is 9.00 Å². The number of hydrogen-bond donors (Lipinski definition) is 1. The number of nitrogens with one attached hydrogen (secondary N) is 1. The van der Waals surface area contributed by atoms with Gasteiger partial charge >= 0.3 is 0 Å². The van der Waals surface area contributed by atoms with Crippen LogP contribution in [0.4, 0.5) is 0 Å². The Labute approximate surface area is 120 Å². The first-order valence-corrected chi connectivity index (χ1v) is 8.68.